The second-order valence-electron chi connectivity index (χ2n) is 2.99. The summed E-state index contributed by atoms with van der Waals surface area (Å²) in [6.45, 7) is 1.91. The molecular weight excluding hydrogens is 212 g/mol. The smallest absolute Gasteiger partial charge is 0.299 e. The van der Waals surface area contributed by atoms with Crippen LogP contribution in [0.25, 0.3) is 0 Å². The Morgan fingerprint density at radius 3 is 2.53 bits per heavy atom. The fourth-order valence-electron chi connectivity index (χ4n) is 1.08. The van der Waals surface area contributed by atoms with Crippen LogP contribution in [0.4, 0.5) is 0 Å². The molecule has 0 amide bonds. The van der Waals surface area contributed by atoms with E-state index in [2.05, 4.69) is 10.2 Å². The molecule has 0 spiro atoms. The van der Waals surface area contributed by atoms with Crippen molar-refractivity contribution in [1.29, 1.82) is 0 Å². The summed E-state index contributed by atoms with van der Waals surface area (Å²) in [5.41, 5.74) is 0.857. The molecule has 0 bridgehead atoms. The first-order valence-electron chi connectivity index (χ1n) is 4.45. The number of hydrogen-bond acceptors (Lipinski definition) is 5. The van der Waals surface area contributed by atoms with Gasteiger partial charge in [0.15, 0.2) is 0 Å². The van der Waals surface area contributed by atoms with Gasteiger partial charge in [-0.3, -0.25) is 0 Å². The quantitative estimate of drug-likeness (QED) is 0.864. The Morgan fingerprint density at radius 1 is 1.27 bits per heavy atom. The lowest BCUT2D eigenvalue weighted by atomic mass is 10.2. The van der Waals surface area contributed by atoms with Crippen LogP contribution in [-0.4, -0.2) is 15.3 Å². The topological polar surface area (TPSA) is 55.2 Å². The first-order valence-corrected chi connectivity index (χ1v) is 5.27. The molecule has 0 aliphatic carbocycles. The zero-order valence-corrected chi connectivity index (χ0v) is 8.99. The van der Waals surface area contributed by atoms with Crippen molar-refractivity contribution in [3.8, 4) is 10.9 Å². The molecule has 1 aromatic carbocycles. The summed E-state index contributed by atoms with van der Waals surface area (Å²) in [6, 6.07) is 7.21. The number of aliphatic hydroxyl groups excluding tert-OH is 1. The first kappa shape index (κ1) is 10.1. The van der Waals surface area contributed by atoms with Gasteiger partial charge in [-0.2, -0.15) is 0 Å². The lowest BCUT2D eigenvalue weighted by Crippen LogP contribution is -1.85. The normalized spacial score (nSPS) is 10.3. The molecule has 2 rings (SSSR count). The van der Waals surface area contributed by atoms with Gasteiger partial charge in [0, 0.05) is 0 Å². The number of benzene rings is 1. The molecule has 0 fully saturated rings. The molecule has 0 atom stereocenters. The summed E-state index contributed by atoms with van der Waals surface area (Å²) in [5.74, 6) is 0.698. The van der Waals surface area contributed by atoms with Crippen LogP contribution in [-0.2, 0) is 6.61 Å². The monoisotopic (exact) mass is 222 g/mol. The number of rotatable bonds is 3. The number of aliphatic hydroxyl groups is 1. The summed E-state index contributed by atoms with van der Waals surface area (Å²) in [4.78, 5) is 0. The molecule has 1 aromatic heterocycles. The molecule has 0 saturated carbocycles. The Kier molecular flexibility index (Phi) is 2.94. The molecule has 0 radical (unpaired) electrons. The summed E-state index contributed by atoms with van der Waals surface area (Å²) in [5, 5.41) is 18.0. The van der Waals surface area contributed by atoms with Crippen LogP contribution >= 0.6 is 11.3 Å². The van der Waals surface area contributed by atoms with E-state index in [0.717, 1.165) is 10.6 Å². The van der Waals surface area contributed by atoms with E-state index < -0.39 is 0 Å². The van der Waals surface area contributed by atoms with Crippen molar-refractivity contribution < 1.29 is 9.84 Å². The van der Waals surface area contributed by atoms with E-state index in [-0.39, 0.29) is 6.61 Å². The third kappa shape index (κ3) is 2.51. The van der Waals surface area contributed by atoms with E-state index >= 15 is 0 Å². The highest BCUT2D eigenvalue weighted by Gasteiger charge is 2.02. The maximum absolute atomic E-state index is 8.86. The minimum absolute atomic E-state index is 0.0399. The van der Waals surface area contributed by atoms with Gasteiger partial charge in [-0.25, -0.2) is 0 Å². The molecule has 0 aliphatic heterocycles. The Hall–Kier alpha value is -1.46. The standard InChI is InChI=1S/C10H10N2O2S/c1-7-11-12-10(15-7)14-9-4-2-8(6-13)3-5-9/h2-5,13H,6H2,1H3. The van der Waals surface area contributed by atoms with Gasteiger partial charge >= 0.3 is 0 Å². The summed E-state index contributed by atoms with van der Waals surface area (Å²) < 4.78 is 5.46. The fraction of sp³-hybridized carbons (Fsp3) is 0.200. The maximum Gasteiger partial charge on any atom is 0.299 e. The van der Waals surface area contributed by atoms with Crippen LogP contribution in [0.5, 0.6) is 10.9 Å². The van der Waals surface area contributed by atoms with Crippen LogP contribution in [0.3, 0.4) is 0 Å². The third-order valence-electron chi connectivity index (χ3n) is 1.82. The van der Waals surface area contributed by atoms with Crippen molar-refractivity contribution in [2.75, 3.05) is 0 Å². The Bertz CT molecular complexity index is 439. The Balaban J connectivity index is 2.11. The van der Waals surface area contributed by atoms with Crippen molar-refractivity contribution in [3.05, 3.63) is 34.8 Å². The van der Waals surface area contributed by atoms with Gasteiger partial charge < -0.3 is 9.84 Å². The fourth-order valence-corrected chi connectivity index (χ4v) is 1.64. The second kappa shape index (κ2) is 4.37. The molecule has 4 nitrogen and oxygen atoms in total. The minimum Gasteiger partial charge on any atom is -0.430 e. The predicted octanol–water partition coefficient (Wildman–Crippen LogP) is 2.13. The van der Waals surface area contributed by atoms with Gasteiger partial charge in [-0.05, 0) is 24.6 Å². The number of hydrogen-bond donors (Lipinski definition) is 1. The SMILES string of the molecule is Cc1nnc(Oc2ccc(CO)cc2)s1. The van der Waals surface area contributed by atoms with Crippen molar-refractivity contribution in [1.82, 2.24) is 10.2 Å². The van der Waals surface area contributed by atoms with E-state index in [1.54, 1.807) is 12.1 Å². The van der Waals surface area contributed by atoms with Crippen molar-refractivity contribution in [2.24, 2.45) is 0 Å². The highest BCUT2D eigenvalue weighted by atomic mass is 32.1. The molecule has 78 valence electrons. The van der Waals surface area contributed by atoms with Gasteiger partial charge in [-0.15, -0.1) is 5.10 Å². The molecule has 2 aromatic rings. The highest BCUT2D eigenvalue weighted by molar-refractivity contribution is 7.13. The van der Waals surface area contributed by atoms with Gasteiger partial charge in [0.05, 0.1) is 6.61 Å². The van der Waals surface area contributed by atoms with E-state index in [4.69, 9.17) is 9.84 Å². The van der Waals surface area contributed by atoms with Gasteiger partial charge in [0.25, 0.3) is 5.19 Å². The molecular formula is C10H10N2O2S. The van der Waals surface area contributed by atoms with Crippen LogP contribution in [0.1, 0.15) is 10.6 Å². The number of nitrogens with zero attached hydrogens (tertiary/aromatic N) is 2. The molecule has 15 heavy (non-hydrogen) atoms. The lowest BCUT2D eigenvalue weighted by molar-refractivity contribution is 0.281. The van der Waals surface area contributed by atoms with Crippen LogP contribution in [0.2, 0.25) is 0 Å². The summed E-state index contributed by atoms with van der Waals surface area (Å²) in [7, 11) is 0. The zero-order chi connectivity index (χ0) is 10.7. The number of ether oxygens (including phenoxy) is 1. The van der Waals surface area contributed by atoms with E-state index in [0.29, 0.717) is 10.9 Å². The van der Waals surface area contributed by atoms with Crippen LogP contribution in [0.15, 0.2) is 24.3 Å². The average Bonchev–Trinajstić information content (AvgIpc) is 2.65. The molecule has 0 aliphatic rings. The van der Waals surface area contributed by atoms with Gasteiger partial charge in [0.1, 0.15) is 10.8 Å². The molecule has 0 saturated heterocycles. The van der Waals surface area contributed by atoms with Crippen molar-refractivity contribution in [2.45, 2.75) is 13.5 Å². The Labute approximate surface area is 91.2 Å². The molecule has 1 heterocycles. The lowest BCUT2D eigenvalue weighted by Gasteiger charge is -2.01. The second-order valence-corrected chi connectivity index (χ2v) is 4.14. The highest BCUT2D eigenvalue weighted by Crippen LogP contribution is 2.24. The minimum atomic E-state index is 0.0399. The first-order chi connectivity index (χ1) is 7.28. The third-order valence-corrected chi connectivity index (χ3v) is 2.54. The molecule has 1 N–H and O–H groups in total. The number of aryl methyl sites for hydroxylation is 1. The van der Waals surface area contributed by atoms with E-state index in [1.807, 2.05) is 19.1 Å². The number of aromatic nitrogens is 2. The summed E-state index contributed by atoms with van der Waals surface area (Å²) in [6.07, 6.45) is 0. The molecule has 5 heteroatoms. The van der Waals surface area contributed by atoms with Crippen molar-refractivity contribution in [3.63, 3.8) is 0 Å². The van der Waals surface area contributed by atoms with E-state index in [1.165, 1.54) is 11.3 Å². The maximum atomic E-state index is 8.86. The summed E-state index contributed by atoms with van der Waals surface area (Å²) >= 11 is 1.40. The van der Waals surface area contributed by atoms with Crippen molar-refractivity contribution >= 4 is 11.3 Å². The molecule has 0 unspecified atom stereocenters. The Morgan fingerprint density at radius 2 is 2.00 bits per heavy atom. The van der Waals surface area contributed by atoms with Crippen LogP contribution < -0.4 is 4.74 Å². The van der Waals surface area contributed by atoms with Crippen LogP contribution in [0, 0.1) is 6.92 Å². The average molecular weight is 222 g/mol. The predicted molar refractivity (Wildman–Crippen MR) is 57.1 cm³/mol. The van der Waals surface area contributed by atoms with E-state index in [9.17, 15) is 0 Å². The largest absolute Gasteiger partial charge is 0.430 e. The zero-order valence-electron chi connectivity index (χ0n) is 8.17. The van der Waals surface area contributed by atoms with Gasteiger partial charge in [-0.1, -0.05) is 28.6 Å². The van der Waals surface area contributed by atoms with Gasteiger partial charge in [0.2, 0.25) is 0 Å².